The van der Waals surface area contributed by atoms with Crippen molar-refractivity contribution in [2.75, 3.05) is 5.75 Å². The van der Waals surface area contributed by atoms with Crippen LogP contribution in [0.2, 0.25) is 0 Å². The third kappa shape index (κ3) is 3.84. The summed E-state index contributed by atoms with van der Waals surface area (Å²) in [5.41, 5.74) is 1.68. The van der Waals surface area contributed by atoms with Gasteiger partial charge in [0.1, 0.15) is 0 Å². The van der Waals surface area contributed by atoms with Gasteiger partial charge in [0.2, 0.25) is 10.0 Å². The van der Waals surface area contributed by atoms with Gasteiger partial charge in [-0.15, -0.1) is 11.3 Å². The van der Waals surface area contributed by atoms with Crippen molar-refractivity contribution in [2.45, 2.75) is 19.9 Å². The lowest BCUT2D eigenvalue weighted by atomic mass is 10.6. The van der Waals surface area contributed by atoms with E-state index < -0.39 is 10.0 Å². The number of nitrogens with one attached hydrogen (secondary N) is 1. The first-order valence-corrected chi connectivity index (χ1v) is 6.52. The van der Waals surface area contributed by atoms with Gasteiger partial charge in [-0.05, 0) is 6.42 Å². The summed E-state index contributed by atoms with van der Waals surface area (Å²) >= 11 is 1.44. The number of thiazole rings is 1. The second-order valence-corrected chi connectivity index (χ2v) is 5.51. The van der Waals surface area contributed by atoms with Crippen molar-refractivity contribution in [3.8, 4) is 0 Å². The molecule has 0 unspecified atom stereocenters. The first-order valence-electron chi connectivity index (χ1n) is 3.99. The molecule has 1 N–H and O–H groups in total. The molecule has 0 aliphatic carbocycles. The van der Waals surface area contributed by atoms with Crippen LogP contribution >= 0.6 is 11.3 Å². The summed E-state index contributed by atoms with van der Waals surface area (Å²) in [6, 6.07) is 0. The summed E-state index contributed by atoms with van der Waals surface area (Å²) < 4.78 is 24.9. The number of nitrogens with zero attached hydrogens (tertiary/aromatic N) is 1. The van der Waals surface area contributed by atoms with Crippen LogP contribution in [0.5, 0.6) is 0 Å². The zero-order valence-corrected chi connectivity index (χ0v) is 8.99. The molecule has 0 bridgehead atoms. The molecule has 1 rings (SSSR count). The van der Waals surface area contributed by atoms with Crippen LogP contribution in [0.15, 0.2) is 11.7 Å². The summed E-state index contributed by atoms with van der Waals surface area (Å²) in [6.07, 6.45) is 2.30. The first kappa shape index (κ1) is 10.6. The van der Waals surface area contributed by atoms with Gasteiger partial charge < -0.3 is 0 Å². The molecule has 0 fully saturated rings. The Hall–Kier alpha value is -0.460. The van der Waals surface area contributed by atoms with Crippen molar-refractivity contribution in [1.29, 1.82) is 0 Å². The van der Waals surface area contributed by atoms with Gasteiger partial charge in [0.05, 0.1) is 11.3 Å². The van der Waals surface area contributed by atoms with E-state index in [2.05, 4.69) is 9.71 Å². The lowest BCUT2D eigenvalue weighted by Crippen LogP contribution is -2.25. The van der Waals surface area contributed by atoms with Crippen molar-refractivity contribution in [2.24, 2.45) is 0 Å². The molecule has 1 heterocycles. The molecule has 0 atom stereocenters. The van der Waals surface area contributed by atoms with Gasteiger partial charge in [-0.1, -0.05) is 6.92 Å². The molecule has 0 spiro atoms. The lowest BCUT2D eigenvalue weighted by Gasteiger charge is -2.02. The highest BCUT2D eigenvalue weighted by molar-refractivity contribution is 7.89. The largest absolute Gasteiger partial charge is 0.253 e. The van der Waals surface area contributed by atoms with Gasteiger partial charge in [-0.25, -0.2) is 13.1 Å². The fourth-order valence-electron chi connectivity index (χ4n) is 0.851. The Labute approximate surface area is 82.1 Å². The molecule has 0 amide bonds. The molecule has 1 aromatic rings. The lowest BCUT2D eigenvalue weighted by molar-refractivity contribution is 0.580. The Morgan fingerprint density at radius 3 is 2.92 bits per heavy atom. The van der Waals surface area contributed by atoms with Crippen LogP contribution in [0, 0.1) is 0 Å². The fourth-order valence-corrected chi connectivity index (χ4v) is 2.53. The average molecular weight is 220 g/mol. The molecule has 1 aromatic heterocycles. The average Bonchev–Trinajstić information content (AvgIpc) is 2.52. The van der Waals surface area contributed by atoms with E-state index in [1.165, 1.54) is 11.3 Å². The van der Waals surface area contributed by atoms with Crippen molar-refractivity contribution >= 4 is 21.4 Å². The maximum Gasteiger partial charge on any atom is 0.211 e. The SMILES string of the molecule is CCCS(=O)(=O)NCc1cncs1. The molecule has 0 radical (unpaired) electrons. The number of sulfonamides is 1. The van der Waals surface area contributed by atoms with E-state index in [9.17, 15) is 8.42 Å². The summed E-state index contributed by atoms with van der Waals surface area (Å²) in [4.78, 5) is 4.78. The molecule has 0 saturated carbocycles. The van der Waals surface area contributed by atoms with E-state index in [1.807, 2.05) is 6.92 Å². The van der Waals surface area contributed by atoms with Crippen LogP contribution in [-0.4, -0.2) is 19.2 Å². The van der Waals surface area contributed by atoms with Crippen molar-refractivity contribution < 1.29 is 8.42 Å². The molecular formula is C7H12N2O2S2. The maximum atomic E-state index is 11.2. The molecule has 0 saturated heterocycles. The van der Waals surface area contributed by atoms with Gasteiger partial charge in [-0.2, -0.15) is 0 Å². The molecule has 0 aliphatic rings. The van der Waals surface area contributed by atoms with Gasteiger partial charge in [0.15, 0.2) is 0 Å². The van der Waals surface area contributed by atoms with Crippen molar-refractivity contribution in [1.82, 2.24) is 9.71 Å². The Balaban J connectivity index is 2.43. The predicted molar refractivity (Wildman–Crippen MR) is 53.0 cm³/mol. The third-order valence-corrected chi connectivity index (χ3v) is 3.73. The quantitative estimate of drug-likeness (QED) is 0.804. The van der Waals surface area contributed by atoms with Crippen LogP contribution in [0.1, 0.15) is 18.2 Å². The van der Waals surface area contributed by atoms with Gasteiger partial charge in [0.25, 0.3) is 0 Å². The molecule has 6 heteroatoms. The van der Waals surface area contributed by atoms with Crippen LogP contribution in [0.3, 0.4) is 0 Å². The Morgan fingerprint density at radius 2 is 2.38 bits per heavy atom. The van der Waals surface area contributed by atoms with Gasteiger partial charge in [0, 0.05) is 17.6 Å². The van der Waals surface area contributed by atoms with E-state index in [0.29, 0.717) is 13.0 Å². The molecule has 4 nitrogen and oxygen atoms in total. The number of rotatable bonds is 5. The van der Waals surface area contributed by atoms with E-state index in [-0.39, 0.29) is 5.75 Å². The summed E-state index contributed by atoms with van der Waals surface area (Å²) in [6.45, 7) is 2.19. The highest BCUT2D eigenvalue weighted by Crippen LogP contribution is 2.05. The standard InChI is InChI=1S/C7H12N2O2S2/c1-2-3-13(10,11)9-5-7-4-8-6-12-7/h4,6,9H,2-3,5H2,1H3. The Morgan fingerprint density at radius 1 is 1.62 bits per heavy atom. The van der Waals surface area contributed by atoms with Crippen LogP contribution in [0.4, 0.5) is 0 Å². The minimum absolute atomic E-state index is 0.186. The second kappa shape index (κ2) is 4.69. The normalized spacial score (nSPS) is 11.8. The molecule has 0 aromatic carbocycles. The predicted octanol–water partition coefficient (Wildman–Crippen LogP) is 0.972. The first-order chi connectivity index (χ1) is 6.14. The van der Waals surface area contributed by atoms with Crippen molar-refractivity contribution in [3.63, 3.8) is 0 Å². The minimum atomic E-state index is -3.08. The zero-order valence-electron chi connectivity index (χ0n) is 7.36. The van der Waals surface area contributed by atoms with E-state index in [4.69, 9.17) is 0 Å². The third-order valence-electron chi connectivity index (χ3n) is 1.42. The monoisotopic (exact) mass is 220 g/mol. The van der Waals surface area contributed by atoms with Gasteiger partial charge >= 0.3 is 0 Å². The highest BCUT2D eigenvalue weighted by Gasteiger charge is 2.07. The summed E-state index contributed by atoms with van der Waals surface area (Å²) in [7, 11) is -3.08. The smallest absolute Gasteiger partial charge is 0.211 e. The second-order valence-electron chi connectivity index (χ2n) is 2.61. The molecular weight excluding hydrogens is 208 g/mol. The van der Waals surface area contributed by atoms with E-state index in [0.717, 1.165) is 4.88 Å². The number of hydrogen-bond donors (Lipinski definition) is 1. The number of hydrogen-bond acceptors (Lipinski definition) is 4. The van der Waals surface area contributed by atoms with Crippen LogP contribution in [0.25, 0.3) is 0 Å². The molecule has 74 valence electrons. The Bertz CT molecular complexity index is 331. The number of aromatic nitrogens is 1. The minimum Gasteiger partial charge on any atom is -0.253 e. The van der Waals surface area contributed by atoms with Gasteiger partial charge in [-0.3, -0.25) is 4.98 Å². The van der Waals surface area contributed by atoms with E-state index in [1.54, 1.807) is 11.7 Å². The zero-order chi connectivity index (χ0) is 9.73. The fraction of sp³-hybridized carbons (Fsp3) is 0.571. The molecule has 0 aliphatic heterocycles. The molecule has 13 heavy (non-hydrogen) atoms. The summed E-state index contributed by atoms with van der Waals surface area (Å²) in [5.74, 6) is 0.186. The van der Waals surface area contributed by atoms with Crippen molar-refractivity contribution in [3.05, 3.63) is 16.6 Å². The maximum absolute atomic E-state index is 11.2. The van der Waals surface area contributed by atoms with Crippen LogP contribution < -0.4 is 4.72 Å². The highest BCUT2D eigenvalue weighted by atomic mass is 32.2. The van der Waals surface area contributed by atoms with E-state index >= 15 is 0 Å². The topological polar surface area (TPSA) is 59.1 Å². The van der Waals surface area contributed by atoms with Crippen LogP contribution in [-0.2, 0) is 16.6 Å². The summed E-state index contributed by atoms with van der Waals surface area (Å²) in [5, 5.41) is 0. The Kier molecular flexibility index (Phi) is 3.83.